The molecule has 4 nitrogen and oxygen atoms in total. The predicted molar refractivity (Wildman–Crippen MR) is 57.7 cm³/mol. The molecule has 0 atom stereocenters. The molecule has 0 radical (unpaired) electrons. The molecule has 0 aliphatic rings. The van der Waals surface area contributed by atoms with Crippen molar-refractivity contribution in [2.75, 3.05) is 26.2 Å². The summed E-state index contributed by atoms with van der Waals surface area (Å²) in [6, 6.07) is 0. The Kier molecular flexibility index (Phi) is 9.29. The van der Waals surface area contributed by atoms with Crippen LogP contribution in [0.1, 0.15) is 34.1 Å². The van der Waals surface area contributed by atoms with Gasteiger partial charge in [0, 0.05) is 19.6 Å². The first-order valence-corrected chi connectivity index (χ1v) is 5.47. The molecule has 0 aromatic carbocycles. The van der Waals surface area contributed by atoms with Crippen molar-refractivity contribution in [2.24, 2.45) is 0 Å². The topological polar surface area (TPSA) is 33.7 Å². The monoisotopic (exact) mass is 204 g/mol. The van der Waals surface area contributed by atoms with Gasteiger partial charge in [-0.3, -0.25) is 9.68 Å². The third-order valence-corrected chi connectivity index (χ3v) is 1.61. The lowest BCUT2D eigenvalue weighted by molar-refractivity contribution is -0.159. The zero-order chi connectivity index (χ0) is 10.8. The molecule has 0 spiro atoms. The second-order valence-electron chi connectivity index (χ2n) is 3.42. The fourth-order valence-corrected chi connectivity index (χ4v) is 0.930. The van der Waals surface area contributed by atoms with E-state index in [1.165, 1.54) is 0 Å². The average molecular weight is 204 g/mol. The summed E-state index contributed by atoms with van der Waals surface area (Å²) in [4.78, 5) is 10.7. The van der Waals surface area contributed by atoms with Crippen molar-refractivity contribution in [1.82, 2.24) is 10.5 Å². The summed E-state index contributed by atoms with van der Waals surface area (Å²) in [5.41, 5.74) is 2.90. The van der Waals surface area contributed by atoms with Crippen LogP contribution in [0.4, 0.5) is 0 Å². The second kappa shape index (κ2) is 9.40. The number of hydrogen-bond acceptors (Lipinski definition) is 4. The molecule has 1 N–H and O–H groups in total. The Morgan fingerprint density at radius 2 is 2.00 bits per heavy atom. The van der Waals surface area contributed by atoms with E-state index in [1.54, 1.807) is 0 Å². The molecular formula is C10H24N2O2. The first kappa shape index (κ1) is 13.8. The van der Waals surface area contributed by atoms with Crippen LogP contribution in [0.15, 0.2) is 0 Å². The maximum atomic E-state index is 5.49. The van der Waals surface area contributed by atoms with E-state index < -0.39 is 0 Å². The molecule has 0 fully saturated rings. The molecule has 0 aliphatic carbocycles. The highest BCUT2D eigenvalue weighted by atomic mass is 16.7. The van der Waals surface area contributed by atoms with Gasteiger partial charge in [-0.25, -0.2) is 5.48 Å². The van der Waals surface area contributed by atoms with Gasteiger partial charge in [0.05, 0.1) is 12.7 Å². The van der Waals surface area contributed by atoms with Crippen LogP contribution in [-0.2, 0) is 9.68 Å². The van der Waals surface area contributed by atoms with E-state index in [0.29, 0.717) is 0 Å². The Bertz CT molecular complexity index is 121. The van der Waals surface area contributed by atoms with Gasteiger partial charge in [-0.05, 0) is 20.3 Å². The smallest absolute Gasteiger partial charge is 0.0734 e. The summed E-state index contributed by atoms with van der Waals surface area (Å²) >= 11 is 0. The average Bonchev–Trinajstić information content (AvgIpc) is 2.16. The van der Waals surface area contributed by atoms with Gasteiger partial charge in [0.25, 0.3) is 0 Å². The molecular weight excluding hydrogens is 180 g/mol. The minimum Gasteiger partial charge on any atom is -0.299 e. The standard InChI is InChI=1S/C10H24N2O2/c1-5-9-13-12(6-2)8-7-11-14-10(3)4/h10-11H,5-9H2,1-4H3. The van der Waals surface area contributed by atoms with Gasteiger partial charge in [-0.2, -0.15) is 5.06 Å². The van der Waals surface area contributed by atoms with Gasteiger partial charge in [0.2, 0.25) is 0 Å². The van der Waals surface area contributed by atoms with E-state index in [2.05, 4.69) is 19.3 Å². The van der Waals surface area contributed by atoms with Gasteiger partial charge in [0.1, 0.15) is 0 Å². The minimum atomic E-state index is 0.224. The van der Waals surface area contributed by atoms with Crippen LogP contribution in [0, 0.1) is 0 Å². The fraction of sp³-hybridized carbons (Fsp3) is 1.00. The Morgan fingerprint density at radius 3 is 2.50 bits per heavy atom. The van der Waals surface area contributed by atoms with Gasteiger partial charge in [-0.15, -0.1) is 0 Å². The van der Waals surface area contributed by atoms with E-state index in [9.17, 15) is 0 Å². The van der Waals surface area contributed by atoms with E-state index in [4.69, 9.17) is 9.68 Å². The molecule has 0 saturated heterocycles. The third kappa shape index (κ3) is 8.44. The van der Waals surface area contributed by atoms with Gasteiger partial charge in [0.15, 0.2) is 0 Å². The van der Waals surface area contributed by atoms with E-state index in [-0.39, 0.29) is 6.10 Å². The van der Waals surface area contributed by atoms with Crippen molar-refractivity contribution >= 4 is 0 Å². The Labute approximate surface area is 87.5 Å². The van der Waals surface area contributed by atoms with Crippen molar-refractivity contribution in [3.8, 4) is 0 Å². The number of nitrogens with one attached hydrogen (secondary N) is 1. The molecule has 86 valence electrons. The Morgan fingerprint density at radius 1 is 1.29 bits per heavy atom. The van der Waals surface area contributed by atoms with Gasteiger partial charge < -0.3 is 0 Å². The van der Waals surface area contributed by atoms with Gasteiger partial charge >= 0.3 is 0 Å². The highest BCUT2D eigenvalue weighted by Crippen LogP contribution is 1.91. The molecule has 0 heterocycles. The molecule has 0 unspecified atom stereocenters. The van der Waals surface area contributed by atoms with Gasteiger partial charge in [-0.1, -0.05) is 13.8 Å². The lowest BCUT2D eigenvalue weighted by Gasteiger charge is -2.20. The predicted octanol–water partition coefficient (Wildman–Crippen LogP) is 1.58. The SMILES string of the molecule is CCCON(CC)CCNOC(C)C. The van der Waals surface area contributed by atoms with Crippen molar-refractivity contribution in [1.29, 1.82) is 0 Å². The molecule has 0 bridgehead atoms. The lowest BCUT2D eigenvalue weighted by atomic mass is 10.5. The second-order valence-corrected chi connectivity index (χ2v) is 3.42. The summed E-state index contributed by atoms with van der Waals surface area (Å²) in [6.07, 6.45) is 1.27. The summed E-state index contributed by atoms with van der Waals surface area (Å²) in [6.45, 7) is 11.5. The number of hydroxylamine groups is 3. The van der Waals surface area contributed by atoms with E-state index >= 15 is 0 Å². The van der Waals surface area contributed by atoms with Crippen LogP contribution in [0.3, 0.4) is 0 Å². The van der Waals surface area contributed by atoms with Crippen molar-refractivity contribution in [3.63, 3.8) is 0 Å². The number of rotatable bonds is 9. The first-order chi connectivity index (χ1) is 6.70. The molecule has 0 aliphatic heterocycles. The van der Waals surface area contributed by atoms with Crippen LogP contribution in [0.25, 0.3) is 0 Å². The highest BCUT2D eigenvalue weighted by molar-refractivity contribution is 4.44. The largest absolute Gasteiger partial charge is 0.299 e. The third-order valence-electron chi connectivity index (χ3n) is 1.61. The van der Waals surface area contributed by atoms with Crippen LogP contribution in [0.5, 0.6) is 0 Å². The molecule has 0 amide bonds. The summed E-state index contributed by atoms with van der Waals surface area (Å²) in [7, 11) is 0. The first-order valence-electron chi connectivity index (χ1n) is 5.47. The number of nitrogens with zero attached hydrogens (tertiary/aromatic N) is 1. The quantitative estimate of drug-likeness (QED) is 0.457. The van der Waals surface area contributed by atoms with Crippen LogP contribution < -0.4 is 5.48 Å². The van der Waals surface area contributed by atoms with Crippen LogP contribution in [0.2, 0.25) is 0 Å². The minimum absolute atomic E-state index is 0.224. The molecule has 0 aromatic rings. The zero-order valence-corrected chi connectivity index (χ0v) is 9.88. The molecule has 0 aromatic heterocycles. The van der Waals surface area contributed by atoms with Crippen molar-refractivity contribution in [3.05, 3.63) is 0 Å². The Hall–Kier alpha value is -0.160. The number of hydrogen-bond donors (Lipinski definition) is 1. The molecule has 14 heavy (non-hydrogen) atoms. The summed E-state index contributed by atoms with van der Waals surface area (Å²) < 4.78 is 0. The van der Waals surface area contributed by atoms with Crippen molar-refractivity contribution in [2.45, 2.75) is 40.2 Å². The Balaban J connectivity index is 3.33. The lowest BCUT2D eigenvalue weighted by Crippen LogP contribution is -2.33. The highest BCUT2D eigenvalue weighted by Gasteiger charge is 2.01. The zero-order valence-electron chi connectivity index (χ0n) is 9.88. The summed E-state index contributed by atoms with van der Waals surface area (Å²) in [5, 5.41) is 1.94. The fourth-order valence-electron chi connectivity index (χ4n) is 0.930. The maximum Gasteiger partial charge on any atom is 0.0734 e. The number of likely N-dealkylation sites (N-methyl/N-ethyl adjacent to an activating group) is 1. The molecule has 0 saturated carbocycles. The van der Waals surface area contributed by atoms with Crippen molar-refractivity contribution < 1.29 is 9.68 Å². The van der Waals surface area contributed by atoms with Crippen LogP contribution >= 0.6 is 0 Å². The maximum absolute atomic E-state index is 5.49. The molecule has 4 heteroatoms. The van der Waals surface area contributed by atoms with E-state index in [0.717, 1.165) is 32.7 Å². The normalized spacial score (nSPS) is 11.6. The molecule has 0 rings (SSSR count). The summed E-state index contributed by atoms with van der Waals surface area (Å²) in [5.74, 6) is 0. The van der Waals surface area contributed by atoms with E-state index in [1.807, 2.05) is 18.9 Å². The van der Waals surface area contributed by atoms with Crippen LogP contribution in [-0.4, -0.2) is 37.4 Å².